The fourth-order valence-electron chi connectivity index (χ4n) is 2.02. The van der Waals surface area contributed by atoms with E-state index in [-0.39, 0.29) is 0 Å². The van der Waals surface area contributed by atoms with Gasteiger partial charge < -0.3 is 29.5 Å². The van der Waals surface area contributed by atoms with Gasteiger partial charge in [0, 0.05) is 0 Å². The summed E-state index contributed by atoms with van der Waals surface area (Å²) in [4.78, 5) is 0. The van der Waals surface area contributed by atoms with Crippen molar-refractivity contribution in [1.29, 1.82) is 0 Å². The van der Waals surface area contributed by atoms with E-state index in [1.807, 2.05) is 0 Å². The Morgan fingerprint density at radius 2 is 1.87 bits per heavy atom. The number of hydrogen-bond acceptors (Lipinski definition) is 6. The second-order valence-corrected chi connectivity index (χ2v) is 4.38. The highest BCUT2D eigenvalue weighted by molar-refractivity contribution is 5.04. The summed E-state index contributed by atoms with van der Waals surface area (Å²) < 4.78 is 16.1. The van der Waals surface area contributed by atoms with Crippen LogP contribution in [0.25, 0.3) is 0 Å². The Morgan fingerprint density at radius 1 is 1.20 bits per heavy atom. The van der Waals surface area contributed by atoms with Gasteiger partial charge in [0.2, 0.25) is 0 Å². The SMILES string of the molecule is CC1(C)O[C@H]2O[C@H](CO)[C@@](O)(CO)[C@H]2O1. The van der Waals surface area contributed by atoms with Crippen LogP contribution in [-0.2, 0) is 14.2 Å². The number of aliphatic hydroxyl groups excluding tert-OH is 2. The van der Waals surface area contributed by atoms with Crippen molar-refractivity contribution in [2.24, 2.45) is 0 Å². The summed E-state index contributed by atoms with van der Waals surface area (Å²) >= 11 is 0. The zero-order valence-electron chi connectivity index (χ0n) is 8.71. The van der Waals surface area contributed by atoms with E-state index in [2.05, 4.69) is 0 Å². The Labute approximate surface area is 87.4 Å². The molecule has 0 aromatic heterocycles. The minimum Gasteiger partial charge on any atom is -0.394 e. The van der Waals surface area contributed by atoms with Gasteiger partial charge in [-0.15, -0.1) is 0 Å². The topological polar surface area (TPSA) is 88.4 Å². The van der Waals surface area contributed by atoms with Crippen molar-refractivity contribution >= 4 is 0 Å². The fraction of sp³-hybridized carbons (Fsp3) is 1.00. The standard InChI is InChI=1S/C9H16O6/c1-8(2)14-6-7(15-8)13-5(3-10)9(6,12)4-11/h5-7,10-12H,3-4H2,1-2H3/t5-,6+,7-,9+/m1/s1. The van der Waals surface area contributed by atoms with Crippen LogP contribution in [0.15, 0.2) is 0 Å². The molecular weight excluding hydrogens is 204 g/mol. The Kier molecular flexibility index (Phi) is 2.53. The molecule has 15 heavy (non-hydrogen) atoms. The smallest absolute Gasteiger partial charge is 0.190 e. The lowest BCUT2D eigenvalue weighted by Gasteiger charge is -2.30. The summed E-state index contributed by atoms with van der Waals surface area (Å²) in [6.45, 7) is 2.46. The lowest BCUT2D eigenvalue weighted by atomic mass is 9.94. The van der Waals surface area contributed by atoms with Gasteiger partial charge in [-0.05, 0) is 13.8 Å². The van der Waals surface area contributed by atoms with E-state index < -0.39 is 43.1 Å². The molecule has 0 saturated carbocycles. The van der Waals surface area contributed by atoms with Gasteiger partial charge in [0.25, 0.3) is 0 Å². The quantitative estimate of drug-likeness (QED) is 0.529. The van der Waals surface area contributed by atoms with Crippen molar-refractivity contribution in [3.05, 3.63) is 0 Å². The third-order valence-electron chi connectivity index (χ3n) is 2.83. The molecule has 2 saturated heterocycles. The number of rotatable bonds is 2. The first-order valence-corrected chi connectivity index (χ1v) is 4.88. The van der Waals surface area contributed by atoms with Crippen LogP contribution in [0.1, 0.15) is 13.8 Å². The third-order valence-corrected chi connectivity index (χ3v) is 2.83. The Balaban J connectivity index is 2.22. The van der Waals surface area contributed by atoms with Crippen LogP contribution in [0.4, 0.5) is 0 Å². The van der Waals surface area contributed by atoms with E-state index in [1.54, 1.807) is 13.8 Å². The molecule has 3 N–H and O–H groups in total. The maximum Gasteiger partial charge on any atom is 0.190 e. The first-order valence-electron chi connectivity index (χ1n) is 4.88. The van der Waals surface area contributed by atoms with Crippen LogP contribution < -0.4 is 0 Å². The van der Waals surface area contributed by atoms with E-state index in [0.717, 1.165) is 0 Å². The van der Waals surface area contributed by atoms with Crippen molar-refractivity contribution in [3.63, 3.8) is 0 Å². The van der Waals surface area contributed by atoms with Crippen molar-refractivity contribution in [1.82, 2.24) is 0 Å². The molecule has 2 aliphatic heterocycles. The van der Waals surface area contributed by atoms with Crippen molar-refractivity contribution in [2.45, 2.75) is 43.7 Å². The van der Waals surface area contributed by atoms with E-state index in [9.17, 15) is 5.11 Å². The Bertz CT molecular complexity index is 255. The summed E-state index contributed by atoms with van der Waals surface area (Å²) in [7, 11) is 0. The first-order chi connectivity index (χ1) is 6.93. The highest BCUT2D eigenvalue weighted by Crippen LogP contribution is 2.42. The van der Waals surface area contributed by atoms with Gasteiger partial charge in [-0.3, -0.25) is 0 Å². The Hall–Kier alpha value is -0.240. The van der Waals surface area contributed by atoms with Crippen LogP contribution >= 0.6 is 0 Å². The molecule has 0 aromatic carbocycles. The number of hydrogen-bond donors (Lipinski definition) is 3. The van der Waals surface area contributed by atoms with Crippen molar-refractivity contribution < 1.29 is 29.5 Å². The van der Waals surface area contributed by atoms with E-state index in [4.69, 9.17) is 24.4 Å². The third kappa shape index (κ3) is 1.57. The molecule has 4 atom stereocenters. The highest BCUT2D eigenvalue weighted by atomic mass is 16.8. The summed E-state index contributed by atoms with van der Waals surface area (Å²) in [5.41, 5.74) is -1.60. The lowest BCUT2D eigenvalue weighted by Crippen LogP contribution is -2.53. The summed E-state index contributed by atoms with van der Waals surface area (Å²) in [6.07, 6.45) is -2.39. The molecule has 0 bridgehead atoms. The summed E-state index contributed by atoms with van der Waals surface area (Å²) in [5.74, 6) is -0.848. The molecule has 0 radical (unpaired) electrons. The van der Waals surface area contributed by atoms with Crippen molar-refractivity contribution in [2.75, 3.05) is 13.2 Å². The van der Waals surface area contributed by atoms with Crippen LogP contribution in [0, 0.1) is 0 Å². The average molecular weight is 220 g/mol. The summed E-state index contributed by atoms with van der Waals surface area (Å²) in [6, 6.07) is 0. The van der Waals surface area contributed by atoms with E-state index in [1.165, 1.54) is 0 Å². The number of fused-ring (bicyclic) bond motifs is 1. The predicted molar refractivity (Wildman–Crippen MR) is 47.8 cm³/mol. The monoisotopic (exact) mass is 220 g/mol. The van der Waals surface area contributed by atoms with Gasteiger partial charge in [-0.2, -0.15) is 0 Å². The van der Waals surface area contributed by atoms with Crippen LogP contribution in [-0.4, -0.2) is 58.4 Å². The second kappa shape index (κ2) is 3.38. The molecule has 2 rings (SSSR count). The zero-order valence-corrected chi connectivity index (χ0v) is 8.71. The van der Waals surface area contributed by atoms with Gasteiger partial charge in [0.15, 0.2) is 12.1 Å². The Morgan fingerprint density at radius 3 is 2.40 bits per heavy atom. The van der Waals surface area contributed by atoms with Gasteiger partial charge in [0.05, 0.1) is 13.2 Å². The number of aliphatic hydroxyl groups is 3. The molecule has 6 heteroatoms. The molecular formula is C9H16O6. The lowest BCUT2D eigenvalue weighted by molar-refractivity contribution is -0.237. The normalized spacial score (nSPS) is 48.2. The van der Waals surface area contributed by atoms with Crippen LogP contribution in [0.2, 0.25) is 0 Å². The van der Waals surface area contributed by atoms with E-state index in [0.29, 0.717) is 0 Å². The summed E-state index contributed by atoms with van der Waals surface area (Å²) in [5, 5.41) is 28.3. The maximum atomic E-state index is 10.1. The first kappa shape index (κ1) is 11.3. The molecule has 6 nitrogen and oxygen atoms in total. The molecule has 2 fully saturated rings. The zero-order chi connectivity index (χ0) is 11.3. The molecule has 2 heterocycles. The fourth-order valence-corrected chi connectivity index (χ4v) is 2.02. The molecule has 0 aliphatic carbocycles. The molecule has 88 valence electrons. The van der Waals surface area contributed by atoms with E-state index >= 15 is 0 Å². The van der Waals surface area contributed by atoms with Crippen molar-refractivity contribution in [3.8, 4) is 0 Å². The van der Waals surface area contributed by atoms with Gasteiger partial charge in [-0.25, -0.2) is 0 Å². The minimum absolute atomic E-state index is 0.392. The molecule has 2 aliphatic rings. The van der Waals surface area contributed by atoms with Gasteiger partial charge in [0.1, 0.15) is 17.8 Å². The molecule has 0 amide bonds. The minimum atomic E-state index is -1.60. The second-order valence-electron chi connectivity index (χ2n) is 4.38. The van der Waals surface area contributed by atoms with Gasteiger partial charge in [-0.1, -0.05) is 0 Å². The highest BCUT2D eigenvalue weighted by Gasteiger charge is 2.62. The largest absolute Gasteiger partial charge is 0.394 e. The molecule has 0 spiro atoms. The van der Waals surface area contributed by atoms with Crippen LogP contribution in [0.3, 0.4) is 0 Å². The van der Waals surface area contributed by atoms with Crippen LogP contribution in [0.5, 0.6) is 0 Å². The predicted octanol–water partition coefficient (Wildman–Crippen LogP) is -1.42. The average Bonchev–Trinajstić information content (AvgIpc) is 2.60. The maximum absolute atomic E-state index is 10.1. The molecule has 0 aromatic rings. The molecule has 0 unspecified atom stereocenters. The van der Waals surface area contributed by atoms with Gasteiger partial charge >= 0.3 is 0 Å². The number of ether oxygens (including phenoxy) is 3.